The highest BCUT2D eigenvalue weighted by Crippen LogP contribution is 2.28. The molecule has 0 atom stereocenters. The number of carbonyl (C=O) groups excluding carboxylic acids is 1. The summed E-state index contributed by atoms with van der Waals surface area (Å²) in [6, 6.07) is 17.3. The summed E-state index contributed by atoms with van der Waals surface area (Å²) < 4.78 is 2.32. The van der Waals surface area contributed by atoms with Crippen molar-refractivity contribution in [2.24, 2.45) is 5.92 Å². The second-order valence-corrected chi connectivity index (χ2v) is 9.22. The SMILES string of the molecule is CC(C)(C)c1ccc(Cn2c(CCCNC(=O)C3CC3)nc3ccccc32)cc1. The van der Waals surface area contributed by atoms with Gasteiger partial charge in [0, 0.05) is 25.4 Å². The number of imidazole rings is 1. The van der Waals surface area contributed by atoms with Crippen LogP contribution < -0.4 is 5.32 Å². The monoisotopic (exact) mass is 389 g/mol. The van der Waals surface area contributed by atoms with Crippen LogP contribution in [0.25, 0.3) is 11.0 Å². The summed E-state index contributed by atoms with van der Waals surface area (Å²) in [4.78, 5) is 16.7. The first-order valence-corrected chi connectivity index (χ1v) is 10.7. The van der Waals surface area contributed by atoms with E-state index in [2.05, 4.69) is 73.1 Å². The minimum Gasteiger partial charge on any atom is -0.356 e. The second kappa shape index (κ2) is 8.02. The molecule has 1 heterocycles. The van der Waals surface area contributed by atoms with Gasteiger partial charge in [0.05, 0.1) is 11.0 Å². The van der Waals surface area contributed by atoms with Gasteiger partial charge in [0.15, 0.2) is 0 Å². The number of hydrogen-bond acceptors (Lipinski definition) is 2. The Kier molecular flexibility index (Phi) is 5.44. The summed E-state index contributed by atoms with van der Waals surface area (Å²) in [6.45, 7) is 8.26. The average Bonchev–Trinajstić information content (AvgIpc) is 3.49. The number of rotatable bonds is 7. The van der Waals surface area contributed by atoms with Crippen molar-refractivity contribution < 1.29 is 4.79 Å². The maximum atomic E-state index is 11.8. The molecule has 4 nitrogen and oxygen atoms in total. The third-order valence-electron chi connectivity index (χ3n) is 5.72. The molecular formula is C25H31N3O. The summed E-state index contributed by atoms with van der Waals surface area (Å²) >= 11 is 0. The van der Waals surface area contributed by atoms with Gasteiger partial charge in [-0.3, -0.25) is 4.79 Å². The van der Waals surface area contributed by atoms with Gasteiger partial charge in [-0.25, -0.2) is 4.98 Å². The van der Waals surface area contributed by atoms with Gasteiger partial charge < -0.3 is 9.88 Å². The first-order valence-electron chi connectivity index (χ1n) is 10.7. The number of hydrogen-bond donors (Lipinski definition) is 1. The Morgan fingerprint density at radius 1 is 1.10 bits per heavy atom. The zero-order valence-corrected chi connectivity index (χ0v) is 17.7. The van der Waals surface area contributed by atoms with E-state index in [1.165, 1.54) is 16.6 Å². The largest absolute Gasteiger partial charge is 0.356 e. The molecule has 0 radical (unpaired) electrons. The molecular weight excluding hydrogens is 358 g/mol. The van der Waals surface area contributed by atoms with Crippen molar-refractivity contribution in [2.75, 3.05) is 6.54 Å². The Balaban J connectivity index is 1.49. The van der Waals surface area contributed by atoms with E-state index in [1.54, 1.807) is 0 Å². The number of amides is 1. The molecule has 0 spiro atoms. The van der Waals surface area contributed by atoms with E-state index in [0.717, 1.165) is 50.1 Å². The lowest BCUT2D eigenvalue weighted by Crippen LogP contribution is -2.26. The molecule has 0 unspecified atom stereocenters. The van der Waals surface area contributed by atoms with Gasteiger partial charge in [-0.1, -0.05) is 57.2 Å². The van der Waals surface area contributed by atoms with Crippen LogP contribution >= 0.6 is 0 Å². The summed E-state index contributed by atoms with van der Waals surface area (Å²) in [7, 11) is 0. The number of aryl methyl sites for hydroxylation is 1. The Bertz CT molecular complexity index is 991. The van der Waals surface area contributed by atoms with E-state index in [-0.39, 0.29) is 17.2 Å². The molecule has 29 heavy (non-hydrogen) atoms. The van der Waals surface area contributed by atoms with Crippen molar-refractivity contribution in [3.8, 4) is 0 Å². The summed E-state index contributed by atoms with van der Waals surface area (Å²) in [5.74, 6) is 1.58. The molecule has 1 saturated carbocycles. The molecule has 1 aromatic heterocycles. The summed E-state index contributed by atoms with van der Waals surface area (Å²) in [5, 5.41) is 3.06. The number of nitrogens with zero attached hydrogens (tertiary/aromatic N) is 2. The Hall–Kier alpha value is -2.62. The number of nitrogens with one attached hydrogen (secondary N) is 1. The van der Waals surface area contributed by atoms with Gasteiger partial charge in [0.1, 0.15) is 5.82 Å². The van der Waals surface area contributed by atoms with Crippen LogP contribution in [0.5, 0.6) is 0 Å². The van der Waals surface area contributed by atoms with E-state index >= 15 is 0 Å². The molecule has 3 aromatic rings. The zero-order valence-electron chi connectivity index (χ0n) is 17.7. The maximum Gasteiger partial charge on any atom is 0.223 e. The Labute approximate surface area is 173 Å². The first-order chi connectivity index (χ1) is 13.9. The molecule has 1 aliphatic carbocycles. The molecule has 152 valence electrons. The molecule has 1 N–H and O–H groups in total. The minimum absolute atomic E-state index is 0.163. The molecule has 2 aromatic carbocycles. The van der Waals surface area contributed by atoms with Crippen LogP contribution in [0, 0.1) is 5.92 Å². The standard InChI is InChI=1S/C25H31N3O/c1-25(2,3)20-14-10-18(11-15-20)17-28-22-8-5-4-7-21(22)27-23(28)9-6-16-26-24(29)19-12-13-19/h4-5,7-8,10-11,14-15,19H,6,9,12-13,16-17H2,1-3H3,(H,26,29). The molecule has 0 saturated heterocycles. The van der Waals surface area contributed by atoms with Crippen LogP contribution in [-0.2, 0) is 23.2 Å². The lowest BCUT2D eigenvalue weighted by atomic mass is 9.87. The van der Waals surface area contributed by atoms with Gasteiger partial charge in [0.25, 0.3) is 0 Å². The van der Waals surface area contributed by atoms with Crippen molar-refractivity contribution in [1.82, 2.24) is 14.9 Å². The second-order valence-electron chi connectivity index (χ2n) is 9.22. The molecule has 1 amide bonds. The smallest absolute Gasteiger partial charge is 0.223 e. The van der Waals surface area contributed by atoms with Gasteiger partial charge in [-0.15, -0.1) is 0 Å². The van der Waals surface area contributed by atoms with Gasteiger partial charge in [0.2, 0.25) is 5.91 Å². The fourth-order valence-electron chi connectivity index (χ4n) is 3.73. The average molecular weight is 390 g/mol. The third kappa shape index (κ3) is 4.69. The quantitative estimate of drug-likeness (QED) is 0.588. The summed E-state index contributed by atoms with van der Waals surface area (Å²) in [5.41, 5.74) is 5.00. The van der Waals surface area contributed by atoms with Crippen molar-refractivity contribution in [2.45, 2.75) is 58.4 Å². The lowest BCUT2D eigenvalue weighted by molar-refractivity contribution is -0.122. The lowest BCUT2D eigenvalue weighted by Gasteiger charge is -2.19. The van der Waals surface area contributed by atoms with E-state index in [4.69, 9.17) is 4.98 Å². The van der Waals surface area contributed by atoms with E-state index < -0.39 is 0 Å². The number of para-hydroxylation sites is 2. The van der Waals surface area contributed by atoms with Crippen LogP contribution in [0.3, 0.4) is 0 Å². The van der Waals surface area contributed by atoms with Crippen LogP contribution in [0.15, 0.2) is 48.5 Å². The molecule has 4 heteroatoms. The Morgan fingerprint density at radius 2 is 1.83 bits per heavy atom. The zero-order chi connectivity index (χ0) is 20.4. The van der Waals surface area contributed by atoms with Crippen LogP contribution in [-0.4, -0.2) is 22.0 Å². The van der Waals surface area contributed by atoms with E-state index in [9.17, 15) is 4.79 Å². The highest BCUT2D eigenvalue weighted by molar-refractivity contribution is 5.80. The van der Waals surface area contributed by atoms with Crippen molar-refractivity contribution in [1.29, 1.82) is 0 Å². The third-order valence-corrected chi connectivity index (χ3v) is 5.72. The van der Waals surface area contributed by atoms with Gasteiger partial charge in [-0.05, 0) is 47.9 Å². The fourth-order valence-corrected chi connectivity index (χ4v) is 3.73. The van der Waals surface area contributed by atoms with Crippen molar-refractivity contribution in [3.63, 3.8) is 0 Å². The molecule has 1 aliphatic rings. The topological polar surface area (TPSA) is 46.9 Å². The van der Waals surface area contributed by atoms with E-state index in [0.29, 0.717) is 0 Å². The maximum absolute atomic E-state index is 11.8. The van der Waals surface area contributed by atoms with Gasteiger partial charge >= 0.3 is 0 Å². The van der Waals surface area contributed by atoms with Crippen molar-refractivity contribution in [3.05, 3.63) is 65.5 Å². The van der Waals surface area contributed by atoms with Crippen LogP contribution in [0.2, 0.25) is 0 Å². The normalized spacial score (nSPS) is 14.3. The molecule has 1 fully saturated rings. The predicted molar refractivity (Wildman–Crippen MR) is 118 cm³/mol. The predicted octanol–water partition coefficient (Wildman–Crippen LogP) is 4.84. The van der Waals surface area contributed by atoms with Gasteiger partial charge in [-0.2, -0.15) is 0 Å². The fraction of sp³-hybridized carbons (Fsp3) is 0.440. The summed E-state index contributed by atoms with van der Waals surface area (Å²) in [6.07, 6.45) is 3.87. The number of benzene rings is 2. The molecule has 0 bridgehead atoms. The molecule has 0 aliphatic heterocycles. The Morgan fingerprint density at radius 3 is 2.52 bits per heavy atom. The molecule has 4 rings (SSSR count). The van der Waals surface area contributed by atoms with Crippen molar-refractivity contribution >= 4 is 16.9 Å². The highest BCUT2D eigenvalue weighted by atomic mass is 16.2. The van der Waals surface area contributed by atoms with Crippen LogP contribution in [0.1, 0.15) is 57.0 Å². The van der Waals surface area contributed by atoms with Crippen LogP contribution in [0.4, 0.5) is 0 Å². The highest BCUT2D eigenvalue weighted by Gasteiger charge is 2.29. The minimum atomic E-state index is 0.163. The van der Waals surface area contributed by atoms with E-state index in [1.807, 2.05) is 6.07 Å². The number of fused-ring (bicyclic) bond motifs is 1. The number of carbonyl (C=O) groups is 1. The number of aromatic nitrogens is 2. The first kappa shape index (κ1) is 19.7.